The van der Waals surface area contributed by atoms with Crippen molar-refractivity contribution in [2.24, 2.45) is 0 Å². The van der Waals surface area contributed by atoms with E-state index in [2.05, 4.69) is 11.1 Å². The second-order valence-corrected chi connectivity index (χ2v) is 6.73. The summed E-state index contributed by atoms with van der Waals surface area (Å²) >= 11 is 0. The predicted octanol–water partition coefficient (Wildman–Crippen LogP) is 5.13. The molecule has 0 atom stereocenters. The zero-order valence-corrected chi connectivity index (χ0v) is 15.8. The third-order valence-electron chi connectivity index (χ3n) is 5.00. The Balaban J connectivity index is 1.86. The molecule has 0 aliphatic carbocycles. The minimum atomic E-state index is 0.314. The lowest BCUT2D eigenvalue weighted by atomic mass is 9.95. The fourth-order valence-electron chi connectivity index (χ4n) is 3.74. The van der Waals surface area contributed by atoms with Crippen molar-refractivity contribution < 1.29 is 9.47 Å². The van der Waals surface area contributed by atoms with Crippen LogP contribution in [0, 0.1) is 11.3 Å². The van der Waals surface area contributed by atoms with Crippen LogP contribution in [-0.2, 0) is 6.61 Å². The van der Waals surface area contributed by atoms with Gasteiger partial charge >= 0.3 is 0 Å². The summed E-state index contributed by atoms with van der Waals surface area (Å²) in [4.78, 5) is 9.49. The molecular formula is C24H17N3O2. The standard InChI is InChI=1S/C24H17N3O2/c1-2-28-24-19(13-25)21(15-8-4-3-5-9-15)18-12-16-14-29-20-11-7-6-10-17(20)22(16)26-23(18)27-24/h3-12H,2,14H2,1H3. The molecule has 3 heterocycles. The van der Waals surface area contributed by atoms with Crippen molar-refractivity contribution in [3.63, 3.8) is 0 Å². The molecule has 0 unspecified atom stereocenters. The number of para-hydroxylation sites is 1. The summed E-state index contributed by atoms with van der Waals surface area (Å²) in [6, 6.07) is 22.0. The molecule has 0 saturated carbocycles. The van der Waals surface area contributed by atoms with E-state index in [9.17, 15) is 5.26 Å². The lowest BCUT2D eigenvalue weighted by Crippen LogP contribution is -2.09. The third kappa shape index (κ3) is 2.77. The van der Waals surface area contributed by atoms with E-state index in [1.807, 2.05) is 67.6 Å². The molecule has 29 heavy (non-hydrogen) atoms. The van der Waals surface area contributed by atoms with Gasteiger partial charge in [-0.15, -0.1) is 0 Å². The molecule has 4 aromatic rings. The lowest BCUT2D eigenvalue weighted by Gasteiger charge is -2.21. The van der Waals surface area contributed by atoms with Crippen LogP contribution >= 0.6 is 0 Å². The lowest BCUT2D eigenvalue weighted by molar-refractivity contribution is 0.301. The Morgan fingerprint density at radius 3 is 2.66 bits per heavy atom. The average molecular weight is 379 g/mol. The number of hydrogen-bond acceptors (Lipinski definition) is 5. The van der Waals surface area contributed by atoms with Crippen molar-refractivity contribution in [2.45, 2.75) is 13.5 Å². The summed E-state index contributed by atoms with van der Waals surface area (Å²) in [5, 5.41) is 10.7. The Hall–Kier alpha value is -3.91. The monoisotopic (exact) mass is 379 g/mol. The fraction of sp³-hybridized carbons (Fsp3) is 0.125. The van der Waals surface area contributed by atoms with Crippen LogP contribution in [0.25, 0.3) is 33.4 Å². The van der Waals surface area contributed by atoms with Gasteiger partial charge in [0.05, 0.1) is 12.3 Å². The largest absolute Gasteiger partial charge is 0.488 e. The zero-order chi connectivity index (χ0) is 19.8. The zero-order valence-electron chi connectivity index (χ0n) is 15.8. The van der Waals surface area contributed by atoms with Gasteiger partial charge in [-0.2, -0.15) is 10.2 Å². The SMILES string of the molecule is CCOc1nc2nc3c(cc2c(-c2ccccc2)c1C#N)COc1ccccc1-3. The van der Waals surface area contributed by atoms with Gasteiger partial charge in [-0.25, -0.2) is 4.98 Å². The molecule has 5 rings (SSSR count). The van der Waals surface area contributed by atoms with Crippen LogP contribution in [0.1, 0.15) is 18.1 Å². The van der Waals surface area contributed by atoms with Crippen molar-refractivity contribution >= 4 is 11.0 Å². The molecule has 1 aliphatic rings. The first-order valence-electron chi connectivity index (χ1n) is 9.48. The first-order valence-corrected chi connectivity index (χ1v) is 9.48. The van der Waals surface area contributed by atoms with Crippen molar-refractivity contribution in [3.05, 3.63) is 71.8 Å². The molecule has 0 bridgehead atoms. The van der Waals surface area contributed by atoms with E-state index in [1.54, 1.807) is 0 Å². The van der Waals surface area contributed by atoms with Crippen LogP contribution in [0.5, 0.6) is 11.6 Å². The molecule has 0 fully saturated rings. The molecular weight excluding hydrogens is 362 g/mol. The van der Waals surface area contributed by atoms with Gasteiger partial charge in [-0.1, -0.05) is 42.5 Å². The summed E-state index contributed by atoms with van der Waals surface area (Å²) in [5.41, 5.74) is 5.47. The Labute approximate surface area is 168 Å². The summed E-state index contributed by atoms with van der Waals surface area (Å²) in [7, 11) is 0. The number of fused-ring (bicyclic) bond motifs is 4. The van der Waals surface area contributed by atoms with Gasteiger partial charge in [0.2, 0.25) is 5.88 Å². The summed E-state index contributed by atoms with van der Waals surface area (Å²) < 4.78 is 11.6. The number of ether oxygens (including phenoxy) is 2. The Bertz CT molecular complexity index is 1280. The van der Waals surface area contributed by atoms with Gasteiger partial charge in [0.1, 0.15) is 24.0 Å². The first kappa shape index (κ1) is 17.2. The van der Waals surface area contributed by atoms with Crippen LogP contribution in [0.4, 0.5) is 0 Å². The average Bonchev–Trinajstić information content (AvgIpc) is 2.77. The first-order chi connectivity index (χ1) is 14.3. The van der Waals surface area contributed by atoms with E-state index in [0.29, 0.717) is 30.3 Å². The molecule has 0 radical (unpaired) electrons. The van der Waals surface area contributed by atoms with E-state index < -0.39 is 0 Å². The molecule has 0 amide bonds. The molecule has 5 nitrogen and oxygen atoms in total. The second-order valence-electron chi connectivity index (χ2n) is 6.73. The summed E-state index contributed by atoms with van der Waals surface area (Å²) in [6.45, 7) is 2.73. The summed E-state index contributed by atoms with van der Waals surface area (Å²) in [5.74, 6) is 1.13. The molecule has 1 aliphatic heterocycles. The van der Waals surface area contributed by atoms with Crippen LogP contribution < -0.4 is 9.47 Å². The topological polar surface area (TPSA) is 68.0 Å². The summed E-state index contributed by atoms with van der Waals surface area (Å²) in [6.07, 6.45) is 0. The highest BCUT2D eigenvalue weighted by molar-refractivity contribution is 5.98. The van der Waals surface area contributed by atoms with Gasteiger partial charge in [0.25, 0.3) is 0 Å². The maximum atomic E-state index is 9.90. The molecule has 0 saturated heterocycles. The van der Waals surface area contributed by atoms with Crippen LogP contribution in [0.15, 0.2) is 60.7 Å². The smallest absolute Gasteiger partial charge is 0.234 e. The van der Waals surface area contributed by atoms with E-state index >= 15 is 0 Å². The molecule has 140 valence electrons. The molecule has 5 heteroatoms. The van der Waals surface area contributed by atoms with Gasteiger partial charge in [-0.05, 0) is 30.7 Å². The van der Waals surface area contributed by atoms with Crippen LogP contribution in [0.2, 0.25) is 0 Å². The molecule has 0 N–H and O–H groups in total. The fourth-order valence-corrected chi connectivity index (χ4v) is 3.74. The highest BCUT2D eigenvalue weighted by Crippen LogP contribution is 2.41. The van der Waals surface area contributed by atoms with Crippen molar-refractivity contribution in [1.82, 2.24) is 9.97 Å². The van der Waals surface area contributed by atoms with Crippen LogP contribution in [-0.4, -0.2) is 16.6 Å². The third-order valence-corrected chi connectivity index (χ3v) is 5.00. The maximum Gasteiger partial charge on any atom is 0.234 e. The highest BCUT2D eigenvalue weighted by Gasteiger charge is 2.24. The van der Waals surface area contributed by atoms with Gasteiger partial charge < -0.3 is 9.47 Å². The van der Waals surface area contributed by atoms with E-state index in [0.717, 1.165) is 39.1 Å². The van der Waals surface area contributed by atoms with E-state index in [-0.39, 0.29) is 0 Å². The van der Waals surface area contributed by atoms with E-state index in [4.69, 9.17) is 14.5 Å². The number of rotatable bonds is 3. The number of pyridine rings is 2. The number of nitriles is 1. The number of nitrogens with zero attached hydrogens (tertiary/aromatic N) is 3. The normalized spacial score (nSPS) is 11.9. The number of hydrogen-bond donors (Lipinski definition) is 0. The Morgan fingerprint density at radius 1 is 1.07 bits per heavy atom. The van der Waals surface area contributed by atoms with Crippen LogP contribution in [0.3, 0.4) is 0 Å². The minimum absolute atomic E-state index is 0.314. The highest BCUT2D eigenvalue weighted by atomic mass is 16.5. The number of aromatic nitrogens is 2. The Morgan fingerprint density at radius 2 is 1.86 bits per heavy atom. The predicted molar refractivity (Wildman–Crippen MR) is 111 cm³/mol. The molecule has 2 aromatic heterocycles. The van der Waals surface area contributed by atoms with Gasteiger partial charge in [0, 0.05) is 22.1 Å². The van der Waals surface area contributed by atoms with Gasteiger partial charge in [0.15, 0.2) is 5.65 Å². The molecule has 2 aromatic carbocycles. The quantitative estimate of drug-likeness (QED) is 0.494. The Kier molecular flexibility index (Phi) is 4.10. The minimum Gasteiger partial charge on any atom is -0.488 e. The van der Waals surface area contributed by atoms with Crippen molar-refractivity contribution in [3.8, 4) is 40.1 Å². The van der Waals surface area contributed by atoms with Crippen molar-refractivity contribution in [2.75, 3.05) is 6.61 Å². The molecule has 0 spiro atoms. The second kappa shape index (κ2) is 6.92. The maximum absolute atomic E-state index is 9.90. The number of benzene rings is 2. The van der Waals surface area contributed by atoms with Gasteiger partial charge in [-0.3, -0.25) is 0 Å². The van der Waals surface area contributed by atoms with Crippen molar-refractivity contribution in [1.29, 1.82) is 5.26 Å². The van der Waals surface area contributed by atoms with E-state index in [1.165, 1.54) is 0 Å².